The second-order valence-corrected chi connectivity index (χ2v) is 6.17. The summed E-state index contributed by atoms with van der Waals surface area (Å²) < 4.78 is 5.56. The third kappa shape index (κ3) is 6.47. The van der Waals surface area contributed by atoms with Gasteiger partial charge >= 0.3 is 6.03 Å². The van der Waals surface area contributed by atoms with E-state index in [1.807, 2.05) is 5.32 Å². The molecule has 0 saturated heterocycles. The average Bonchev–Trinajstić information content (AvgIpc) is 2.98. The highest BCUT2D eigenvalue weighted by Gasteiger charge is 2.07. The molecular formula is C14H16ClN5O3S. The molecule has 0 saturated carbocycles. The molecule has 1 aromatic heterocycles. The molecule has 0 spiro atoms. The van der Waals surface area contributed by atoms with Gasteiger partial charge in [0.05, 0.1) is 0 Å². The standard InChI is InChI=1S/C14H16ClN5O3S/c15-9-3-5-10(6-4-9)23-8-11-17-14(20-19-11)24-7-1-2-12(21)18-13(16)22/h3-6H,1-2,7-8H2,(H,17,19,20)(H3,16,18,21,22). The van der Waals surface area contributed by atoms with Crippen LogP contribution in [-0.2, 0) is 11.4 Å². The number of halogens is 1. The average molecular weight is 370 g/mol. The second kappa shape index (κ2) is 9.14. The lowest BCUT2D eigenvalue weighted by molar-refractivity contribution is -0.119. The minimum Gasteiger partial charge on any atom is -0.486 e. The maximum atomic E-state index is 11.2. The highest BCUT2D eigenvalue weighted by molar-refractivity contribution is 7.99. The summed E-state index contributed by atoms with van der Waals surface area (Å²) in [6, 6.07) is 6.18. The Balaban J connectivity index is 1.68. The topological polar surface area (TPSA) is 123 Å². The Kier molecular flexibility index (Phi) is 6.89. The molecule has 2 rings (SSSR count). The molecule has 1 aromatic carbocycles. The van der Waals surface area contributed by atoms with E-state index in [2.05, 4.69) is 15.2 Å². The van der Waals surface area contributed by atoms with Crippen LogP contribution in [0.2, 0.25) is 5.02 Å². The summed E-state index contributed by atoms with van der Waals surface area (Å²) >= 11 is 7.21. The van der Waals surface area contributed by atoms with Crippen molar-refractivity contribution < 1.29 is 14.3 Å². The first-order chi connectivity index (χ1) is 11.5. The van der Waals surface area contributed by atoms with E-state index < -0.39 is 11.9 Å². The number of aromatic amines is 1. The number of nitrogens with two attached hydrogens (primary N) is 1. The lowest BCUT2D eigenvalue weighted by Gasteiger charge is -2.03. The van der Waals surface area contributed by atoms with E-state index in [4.69, 9.17) is 22.1 Å². The SMILES string of the molecule is NC(=O)NC(=O)CCCSc1n[nH]c(COc2ccc(Cl)cc2)n1. The fourth-order valence-electron chi connectivity index (χ4n) is 1.69. The first-order valence-corrected chi connectivity index (χ1v) is 8.41. The number of primary amides is 1. The van der Waals surface area contributed by atoms with Crippen molar-refractivity contribution in [3.63, 3.8) is 0 Å². The maximum Gasteiger partial charge on any atom is 0.318 e. The summed E-state index contributed by atoms with van der Waals surface area (Å²) in [6.07, 6.45) is 0.793. The molecule has 128 valence electrons. The van der Waals surface area contributed by atoms with Crippen molar-refractivity contribution in [1.29, 1.82) is 0 Å². The minimum atomic E-state index is -0.841. The molecular weight excluding hydrogens is 354 g/mol. The van der Waals surface area contributed by atoms with Crippen LogP contribution in [0.4, 0.5) is 4.79 Å². The number of H-pyrrole nitrogens is 1. The van der Waals surface area contributed by atoms with Crippen molar-refractivity contribution in [3.05, 3.63) is 35.1 Å². The number of carbonyl (C=O) groups excluding carboxylic acids is 2. The molecule has 3 amide bonds. The van der Waals surface area contributed by atoms with Crippen molar-refractivity contribution >= 4 is 35.3 Å². The molecule has 24 heavy (non-hydrogen) atoms. The summed E-state index contributed by atoms with van der Waals surface area (Å²) in [6.45, 7) is 0.260. The van der Waals surface area contributed by atoms with E-state index in [0.29, 0.717) is 33.9 Å². The Hall–Kier alpha value is -2.26. The number of nitrogens with one attached hydrogen (secondary N) is 2. The number of urea groups is 1. The largest absolute Gasteiger partial charge is 0.486 e. The summed E-state index contributed by atoms with van der Waals surface area (Å²) in [5.41, 5.74) is 4.85. The van der Waals surface area contributed by atoms with Crippen molar-refractivity contribution in [1.82, 2.24) is 20.5 Å². The van der Waals surface area contributed by atoms with Gasteiger partial charge in [-0.05, 0) is 30.7 Å². The molecule has 0 aliphatic heterocycles. The maximum absolute atomic E-state index is 11.2. The molecule has 4 N–H and O–H groups in total. The van der Waals surface area contributed by atoms with E-state index in [-0.39, 0.29) is 13.0 Å². The zero-order valence-electron chi connectivity index (χ0n) is 12.6. The van der Waals surface area contributed by atoms with Gasteiger partial charge in [-0.2, -0.15) is 0 Å². The van der Waals surface area contributed by atoms with Crippen LogP contribution in [0.3, 0.4) is 0 Å². The molecule has 0 radical (unpaired) electrons. The van der Waals surface area contributed by atoms with Gasteiger partial charge in [-0.25, -0.2) is 9.78 Å². The molecule has 2 aromatic rings. The van der Waals surface area contributed by atoms with Crippen LogP contribution in [0, 0.1) is 0 Å². The minimum absolute atomic E-state index is 0.215. The van der Waals surface area contributed by atoms with Crippen LogP contribution in [-0.4, -0.2) is 32.9 Å². The van der Waals surface area contributed by atoms with E-state index in [9.17, 15) is 9.59 Å². The Morgan fingerprint density at radius 3 is 2.79 bits per heavy atom. The predicted octanol–water partition coefficient (Wildman–Crippen LogP) is 2.10. The molecule has 0 fully saturated rings. The van der Waals surface area contributed by atoms with Gasteiger partial charge in [0.2, 0.25) is 11.1 Å². The molecule has 0 unspecified atom stereocenters. The van der Waals surface area contributed by atoms with Crippen LogP contribution in [0.15, 0.2) is 29.4 Å². The third-order valence-corrected chi connectivity index (χ3v) is 3.93. The fourth-order valence-corrected chi connectivity index (χ4v) is 2.57. The summed E-state index contributed by atoms with van der Waals surface area (Å²) in [5.74, 6) is 1.53. The van der Waals surface area contributed by atoms with Crippen LogP contribution in [0.5, 0.6) is 5.75 Å². The normalized spacial score (nSPS) is 10.4. The number of rotatable bonds is 8. The highest BCUT2D eigenvalue weighted by Crippen LogP contribution is 2.17. The van der Waals surface area contributed by atoms with E-state index in [0.717, 1.165) is 0 Å². The first kappa shape index (κ1) is 18.1. The van der Waals surface area contributed by atoms with Crippen molar-refractivity contribution in [2.75, 3.05) is 5.75 Å². The Morgan fingerprint density at radius 1 is 1.33 bits per heavy atom. The van der Waals surface area contributed by atoms with Gasteiger partial charge in [-0.1, -0.05) is 23.4 Å². The number of hydrogen-bond donors (Lipinski definition) is 3. The van der Waals surface area contributed by atoms with Gasteiger partial charge in [0.1, 0.15) is 12.4 Å². The molecule has 0 atom stereocenters. The zero-order chi connectivity index (χ0) is 17.4. The predicted molar refractivity (Wildman–Crippen MR) is 89.9 cm³/mol. The number of nitrogens with zero attached hydrogens (tertiary/aromatic N) is 2. The number of benzene rings is 1. The zero-order valence-corrected chi connectivity index (χ0v) is 14.2. The molecule has 0 aliphatic rings. The third-order valence-electron chi connectivity index (χ3n) is 2.74. The van der Waals surface area contributed by atoms with E-state index in [1.54, 1.807) is 24.3 Å². The van der Waals surface area contributed by atoms with Crippen LogP contribution < -0.4 is 15.8 Å². The lowest BCUT2D eigenvalue weighted by Crippen LogP contribution is -2.34. The second-order valence-electron chi connectivity index (χ2n) is 4.67. The quantitative estimate of drug-likeness (QED) is 0.483. The van der Waals surface area contributed by atoms with E-state index >= 15 is 0 Å². The van der Waals surface area contributed by atoms with Crippen molar-refractivity contribution in [3.8, 4) is 5.75 Å². The molecule has 0 aliphatic carbocycles. The fraction of sp³-hybridized carbons (Fsp3) is 0.286. The number of imide groups is 1. The highest BCUT2D eigenvalue weighted by atomic mass is 35.5. The van der Waals surface area contributed by atoms with Crippen molar-refractivity contribution in [2.24, 2.45) is 5.73 Å². The summed E-state index contributed by atoms with van der Waals surface area (Å²) in [7, 11) is 0. The number of hydrogen-bond acceptors (Lipinski definition) is 6. The van der Waals surface area contributed by atoms with Gasteiger partial charge in [-0.3, -0.25) is 15.2 Å². The number of thioether (sulfide) groups is 1. The Morgan fingerprint density at radius 2 is 2.08 bits per heavy atom. The van der Waals surface area contributed by atoms with Gasteiger partial charge < -0.3 is 10.5 Å². The molecule has 10 heteroatoms. The van der Waals surface area contributed by atoms with Gasteiger partial charge in [0, 0.05) is 17.2 Å². The van der Waals surface area contributed by atoms with Gasteiger partial charge in [-0.15, -0.1) is 5.10 Å². The number of aromatic nitrogens is 3. The van der Waals surface area contributed by atoms with E-state index in [1.165, 1.54) is 11.8 Å². The molecule has 0 bridgehead atoms. The Labute approximate surface area is 147 Å². The van der Waals surface area contributed by atoms with Gasteiger partial charge in [0.25, 0.3) is 0 Å². The Bertz CT molecular complexity index is 692. The molecule has 8 nitrogen and oxygen atoms in total. The first-order valence-electron chi connectivity index (χ1n) is 7.04. The van der Waals surface area contributed by atoms with Crippen molar-refractivity contribution in [2.45, 2.75) is 24.6 Å². The lowest BCUT2D eigenvalue weighted by atomic mass is 10.3. The summed E-state index contributed by atoms with van der Waals surface area (Å²) in [5, 5.41) is 10.1. The van der Waals surface area contributed by atoms with Crippen LogP contribution >= 0.6 is 23.4 Å². The monoisotopic (exact) mass is 369 g/mol. The summed E-state index contributed by atoms with van der Waals surface area (Å²) in [4.78, 5) is 26.0. The molecule has 1 heterocycles. The number of carbonyl (C=O) groups is 2. The number of amides is 3. The number of ether oxygens (including phenoxy) is 1. The van der Waals surface area contributed by atoms with Crippen LogP contribution in [0.25, 0.3) is 0 Å². The van der Waals surface area contributed by atoms with Crippen LogP contribution in [0.1, 0.15) is 18.7 Å². The van der Waals surface area contributed by atoms with Gasteiger partial charge in [0.15, 0.2) is 5.82 Å². The smallest absolute Gasteiger partial charge is 0.318 e.